The van der Waals surface area contributed by atoms with E-state index in [0.717, 1.165) is 32.5 Å². The maximum absolute atomic E-state index is 12.2. The molecule has 1 aliphatic rings. The third kappa shape index (κ3) is 4.45. The molecule has 1 aromatic carbocycles. The lowest BCUT2D eigenvalue weighted by Gasteiger charge is -2.29. The van der Waals surface area contributed by atoms with E-state index in [1.807, 2.05) is 11.8 Å². The van der Waals surface area contributed by atoms with Crippen molar-refractivity contribution in [1.82, 2.24) is 10.2 Å². The Morgan fingerprint density at radius 3 is 2.53 bits per heavy atom. The van der Waals surface area contributed by atoms with E-state index in [2.05, 4.69) is 52.2 Å². The van der Waals surface area contributed by atoms with Crippen molar-refractivity contribution in [1.29, 1.82) is 0 Å². The van der Waals surface area contributed by atoms with Gasteiger partial charge in [-0.15, -0.1) is 0 Å². The van der Waals surface area contributed by atoms with Crippen LogP contribution in [0, 0.1) is 3.57 Å². The van der Waals surface area contributed by atoms with E-state index in [1.54, 1.807) is 0 Å². The van der Waals surface area contributed by atoms with Crippen molar-refractivity contribution in [2.45, 2.75) is 38.8 Å². The molecule has 1 fully saturated rings. The molecule has 0 radical (unpaired) electrons. The SMILES string of the molecule is CC(NCc1ccc(I)cc1)C(=O)N1CCCCC1. The molecule has 0 aliphatic carbocycles. The standard InChI is InChI=1S/C15H21IN2O/c1-12(15(19)18-9-3-2-4-10-18)17-11-13-5-7-14(16)8-6-13/h5-8,12,17H,2-4,9-11H2,1H3. The quantitative estimate of drug-likeness (QED) is 0.825. The van der Waals surface area contributed by atoms with Gasteiger partial charge in [0.1, 0.15) is 0 Å². The molecule has 19 heavy (non-hydrogen) atoms. The van der Waals surface area contributed by atoms with Gasteiger partial charge in [0.05, 0.1) is 6.04 Å². The molecule has 1 saturated heterocycles. The lowest BCUT2D eigenvalue weighted by Crippen LogP contribution is -2.46. The minimum Gasteiger partial charge on any atom is -0.341 e. The molecule has 0 saturated carbocycles. The van der Waals surface area contributed by atoms with E-state index in [9.17, 15) is 4.79 Å². The number of nitrogens with one attached hydrogen (secondary N) is 1. The van der Waals surface area contributed by atoms with Crippen LogP contribution in [0.4, 0.5) is 0 Å². The predicted octanol–water partition coefficient (Wildman–Crippen LogP) is 2.78. The van der Waals surface area contributed by atoms with Crippen LogP contribution in [0.1, 0.15) is 31.7 Å². The second-order valence-electron chi connectivity index (χ2n) is 5.12. The fourth-order valence-electron chi connectivity index (χ4n) is 2.35. The Labute approximate surface area is 128 Å². The molecule has 2 rings (SSSR count). The number of piperidine rings is 1. The van der Waals surface area contributed by atoms with Crippen LogP contribution in [-0.4, -0.2) is 29.9 Å². The van der Waals surface area contributed by atoms with Crippen LogP contribution in [0.2, 0.25) is 0 Å². The highest BCUT2D eigenvalue weighted by atomic mass is 127. The summed E-state index contributed by atoms with van der Waals surface area (Å²) in [6.07, 6.45) is 3.55. The van der Waals surface area contributed by atoms with Gasteiger partial charge in [-0.05, 0) is 66.5 Å². The summed E-state index contributed by atoms with van der Waals surface area (Å²) in [5.41, 5.74) is 1.22. The van der Waals surface area contributed by atoms with Crippen molar-refractivity contribution < 1.29 is 4.79 Å². The molecule has 1 heterocycles. The number of carbonyl (C=O) groups is 1. The molecule has 3 nitrogen and oxygen atoms in total. The van der Waals surface area contributed by atoms with E-state index < -0.39 is 0 Å². The molecule has 1 aliphatic heterocycles. The summed E-state index contributed by atoms with van der Waals surface area (Å²) in [4.78, 5) is 14.2. The molecular weight excluding hydrogens is 351 g/mol. The Balaban J connectivity index is 1.81. The van der Waals surface area contributed by atoms with Gasteiger partial charge in [-0.25, -0.2) is 0 Å². The Bertz CT molecular complexity index is 413. The van der Waals surface area contributed by atoms with E-state index in [1.165, 1.54) is 15.6 Å². The van der Waals surface area contributed by atoms with Crippen molar-refractivity contribution in [3.05, 3.63) is 33.4 Å². The summed E-state index contributed by atoms with van der Waals surface area (Å²) in [5, 5.41) is 3.32. The number of amides is 1. The van der Waals surface area contributed by atoms with Gasteiger partial charge in [-0.2, -0.15) is 0 Å². The molecule has 1 atom stereocenters. The van der Waals surface area contributed by atoms with Crippen molar-refractivity contribution in [2.24, 2.45) is 0 Å². The highest BCUT2D eigenvalue weighted by Crippen LogP contribution is 2.11. The maximum atomic E-state index is 12.2. The average molecular weight is 372 g/mol. The first kappa shape index (κ1) is 14.8. The van der Waals surface area contributed by atoms with Gasteiger partial charge in [0.25, 0.3) is 0 Å². The summed E-state index contributed by atoms with van der Waals surface area (Å²) >= 11 is 2.30. The number of carbonyl (C=O) groups excluding carboxylic acids is 1. The molecule has 0 aromatic heterocycles. The minimum atomic E-state index is -0.0996. The lowest BCUT2D eigenvalue weighted by molar-refractivity contribution is -0.133. The van der Waals surface area contributed by atoms with Crippen LogP contribution in [0.5, 0.6) is 0 Å². The molecule has 1 N–H and O–H groups in total. The van der Waals surface area contributed by atoms with Crippen molar-refractivity contribution >= 4 is 28.5 Å². The van der Waals surface area contributed by atoms with Crippen LogP contribution in [-0.2, 0) is 11.3 Å². The monoisotopic (exact) mass is 372 g/mol. The third-order valence-electron chi connectivity index (χ3n) is 3.56. The van der Waals surface area contributed by atoms with Crippen LogP contribution >= 0.6 is 22.6 Å². The van der Waals surface area contributed by atoms with Gasteiger partial charge in [0.15, 0.2) is 0 Å². The Kier molecular flexibility index (Phi) is 5.63. The van der Waals surface area contributed by atoms with E-state index in [4.69, 9.17) is 0 Å². The third-order valence-corrected chi connectivity index (χ3v) is 4.28. The first-order chi connectivity index (χ1) is 9.16. The highest BCUT2D eigenvalue weighted by molar-refractivity contribution is 14.1. The van der Waals surface area contributed by atoms with E-state index in [-0.39, 0.29) is 11.9 Å². The smallest absolute Gasteiger partial charge is 0.239 e. The summed E-state index contributed by atoms with van der Waals surface area (Å²) < 4.78 is 1.23. The van der Waals surface area contributed by atoms with Crippen molar-refractivity contribution in [2.75, 3.05) is 13.1 Å². The summed E-state index contributed by atoms with van der Waals surface area (Å²) in [6, 6.07) is 8.29. The Morgan fingerprint density at radius 2 is 1.89 bits per heavy atom. The molecule has 0 bridgehead atoms. The molecule has 104 valence electrons. The van der Waals surface area contributed by atoms with Gasteiger partial charge in [-0.1, -0.05) is 12.1 Å². The summed E-state index contributed by atoms with van der Waals surface area (Å²) in [5.74, 6) is 0.241. The first-order valence-corrected chi connectivity index (χ1v) is 8.01. The average Bonchev–Trinajstić information content (AvgIpc) is 2.46. The molecule has 0 spiro atoms. The van der Waals surface area contributed by atoms with Crippen molar-refractivity contribution in [3.63, 3.8) is 0 Å². The molecular formula is C15H21IN2O. The highest BCUT2D eigenvalue weighted by Gasteiger charge is 2.21. The van der Waals surface area contributed by atoms with E-state index >= 15 is 0 Å². The Morgan fingerprint density at radius 1 is 1.26 bits per heavy atom. The number of hydrogen-bond acceptors (Lipinski definition) is 2. The van der Waals surface area contributed by atoms with Gasteiger partial charge in [0, 0.05) is 23.2 Å². The van der Waals surface area contributed by atoms with Crippen LogP contribution < -0.4 is 5.32 Å². The van der Waals surface area contributed by atoms with Crippen LogP contribution in [0.25, 0.3) is 0 Å². The fraction of sp³-hybridized carbons (Fsp3) is 0.533. The number of rotatable bonds is 4. The topological polar surface area (TPSA) is 32.3 Å². The van der Waals surface area contributed by atoms with Gasteiger partial charge >= 0.3 is 0 Å². The number of halogens is 1. The predicted molar refractivity (Wildman–Crippen MR) is 85.9 cm³/mol. The van der Waals surface area contributed by atoms with Crippen LogP contribution in [0.15, 0.2) is 24.3 Å². The van der Waals surface area contributed by atoms with Crippen LogP contribution in [0.3, 0.4) is 0 Å². The Hall–Kier alpha value is -0.620. The fourth-order valence-corrected chi connectivity index (χ4v) is 2.71. The summed E-state index contributed by atoms with van der Waals surface area (Å²) in [6.45, 7) is 4.56. The van der Waals surface area contributed by atoms with Gasteiger partial charge < -0.3 is 10.2 Å². The number of nitrogens with zero attached hydrogens (tertiary/aromatic N) is 1. The zero-order chi connectivity index (χ0) is 13.7. The maximum Gasteiger partial charge on any atom is 0.239 e. The largest absolute Gasteiger partial charge is 0.341 e. The van der Waals surface area contributed by atoms with E-state index in [0.29, 0.717) is 0 Å². The minimum absolute atomic E-state index is 0.0996. The molecule has 1 aromatic rings. The molecule has 4 heteroatoms. The number of likely N-dealkylation sites (tertiary alicyclic amines) is 1. The lowest BCUT2D eigenvalue weighted by atomic mass is 10.1. The first-order valence-electron chi connectivity index (χ1n) is 6.93. The second kappa shape index (κ2) is 7.24. The number of hydrogen-bond donors (Lipinski definition) is 1. The van der Waals surface area contributed by atoms with Gasteiger partial charge in [-0.3, -0.25) is 4.79 Å². The van der Waals surface area contributed by atoms with Crippen molar-refractivity contribution in [3.8, 4) is 0 Å². The zero-order valence-electron chi connectivity index (χ0n) is 11.4. The zero-order valence-corrected chi connectivity index (χ0v) is 13.5. The second-order valence-corrected chi connectivity index (χ2v) is 6.36. The normalized spacial score (nSPS) is 17.3. The molecule has 1 amide bonds. The van der Waals surface area contributed by atoms with Gasteiger partial charge in [0.2, 0.25) is 5.91 Å². The summed E-state index contributed by atoms with van der Waals surface area (Å²) in [7, 11) is 0. The molecule has 1 unspecified atom stereocenters. The number of benzene rings is 1.